The number of aliphatic hydroxyl groups excluding tert-OH is 1. The van der Waals surface area contributed by atoms with E-state index in [0.717, 1.165) is 0 Å². The highest BCUT2D eigenvalue weighted by Gasteiger charge is 2.16. The highest BCUT2D eigenvalue weighted by molar-refractivity contribution is 7.99. The molecule has 92 valence electrons. The minimum absolute atomic E-state index is 0.124. The first kappa shape index (κ1) is 14.0. The summed E-state index contributed by atoms with van der Waals surface area (Å²) in [5.74, 6) is 0. The second-order valence-electron chi connectivity index (χ2n) is 3.31. The first-order valence-electron chi connectivity index (χ1n) is 4.70. The molecule has 0 spiro atoms. The number of hydrogen-bond acceptors (Lipinski definition) is 5. The summed E-state index contributed by atoms with van der Waals surface area (Å²) in [4.78, 5) is 0.883. The van der Waals surface area contributed by atoms with E-state index in [4.69, 9.17) is 5.11 Å². The molecular weight excluding hydrogens is 266 g/mol. The predicted molar refractivity (Wildman–Crippen MR) is 68.4 cm³/mol. The van der Waals surface area contributed by atoms with Gasteiger partial charge in [0, 0.05) is 22.1 Å². The van der Waals surface area contributed by atoms with Crippen molar-refractivity contribution in [3.8, 4) is 0 Å². The van der Waals surface area contributed by atoms with E-state index in [-0.39, 0.29) is 16.8 Å². The summed E-state index contributed by atoms with van der Waals surface area (Å²) < 4.78 is 26.1. The largest absolute Gasteiger partial charge is 0.391 e. The Morgan fingerprint density at radius 3 is 2.81 bits per heavy atom. The maximum absolute atomic E-state index is 11.8. The zero-order valence-electron chi connectivity index (χ0n) is 9.13. The SMILES string of the molecule is CSC(C)CNS(=O)(=O)c1csc(CO)c1. The molecule has 0 saturated heterocycles. The van der Waals surface area contributed by atoms with Gasteiger partial charge in [-0.3, -0.25) is 0 Å². The minimum Gasteiger partial charge on any atom is -0.391 e. The third kappa shape index (κ3) is 3.74. The maximum Gasteiger partial charge on any atom is 0.241 e. The van der Waals surface area contributed by atoms with Gasteiger partial charge in [-0.05, 0) is 12.3 Å². The number of hydrogen-bond donors (Lipinski definition) is 2. The fourth-order valence-corrected chi connectivity index (χ4v) is 3.60. The molecule has 0 bridgehead atoms. The van der Waals surface area contributed by atoms with Crippen LogP contribution in [0.2, 0.25) is 0 Å². The smallest absolute Gasteiger partial charge is 0.241 e. The number of aliphatic hydroxyl groups is 1. The summed E-state index contributed by atoms with van der Waals surface area (Å²) in [5.41, 5.74) is 0. The molecule has 1 unspecified atom stereocenters. The molecule has 2 N–H and O–H groups in total. The van der Waals surface area contributed by atoms with Crippen LogP contribution in [-0.4, -0.2) is 31.6 Å². The molecule has 16 heavy (non-hydrogen) atoms. The van der Waals surface area contributed by atoms with Gasteiger partial charge in [-0.25, -0.2) is 13.1 Å². The Kier molecular flexibility index (Phi) is 5.26. The number of rotatable bonds is 6. The quantitative estimate of drug-likeness (QED) is 0.824. The van der Waals surface area contributed by atoms with Gasteiger partial charge >= 0.3 is 0 Å². The highest BCUT2D eigenvalue weighted by atomic mass is 32.2. The van der Waals surface area contributed by atoms with E-state index in [1.54, 1.807) is 11.8 Å². The van der Waals surface area contributed by atoms with E-state index in [9.17, 15) is 8.42 Å². The van der Waals surface area contributed by atoms with Gasteiger partial charge in [0.05, 0.1) is 11.5 Å². The molecule has 0 aliphatic heterocycles. The van der Waals surface area contributed by atoms with Crippen molar-refractivity contribution < 1.29 is 13.5 Å². The van der Waals surface area contributed by atoms with Crippen LogP contribution in [-0.2, 0) is 16.6 Å². The van der Waals surface area contributed by atoms with Crippen LogP contribution in [0.4, 0.5) is 0 Å². The van der Waals surface area contributed by atoms with Gasteiger partial charge in [-0.15, -0.1) is 11.3 Å². The second-order valence-corrected chi connectivity index (χ2v) is 7.34. The number of nitrogens with one attached hydrogen (secondary N) is 1. The molecule has 4 nitrogen and oxygen atoms in total. The van der Waals surface area contributed by atoms with Crippen molar-refractivity contribution in [2.24, 2.45) is 0 Å². The van der Waals surface area contributed by atoms with Gasteiger partial charge in [-0.1, -0.05) is 6.92 Å². The predicted octanol–water partition coefficient (Wildman–Crippen LogP) is 1.27. The molecule has 0 amide bonds. The van der Waals surface area contributed by atoms with Crippen LogP contribution in [0.15, 0.2) is 16.3 Å². The molecule has 1 aromatic heterocycles. The highest BCUT2D eigenvalue weighted by Crippen LogP contribution is 2.19. The van der Waals surface area contributed by atoms with Gasteiger partial charge in [0.1, 0.15) is 0 Å². The monoisotopic (exact) mass is 281 g/mol. The van der Waals surface area contributed by atoms with Crippen molar-refractivity contribution in [2.75, 3.05) is 12.8 Å². The van der Waals surface area contributed by atoms with Crippen molar-refractivity contribution in [1.29, 1.82) is 0 Å². The molecule has 1 rings (SSSR count). The van der Waals surface area contributed by atoms with Crippen molar-refractivity contribution in [3.63, 3.8) is 0 Å². The molecule has 1 atom stereocenters. The zero-order chi connectivity index (χ0) is 12.2. The van der Waals surface area contributed by atoms with E-state index in [1.165, 1.54) is 22.8 Å². The van der Waals surface area contributed by atoms with E-state index in [1.807, 2.05) is 13.2 Å². The van der Waals surface area contributed by atoms with Gasteiger partial charge in [-0.2, -0.15) is 11.8 Å². The van der Waals surface area contributed by atoms with Crippen LogP contribution in [0.1, 0.15) is 11.8 Å². The Bertz CT molecular complexity index is 427. The standard InChI is InChI=1S/C9H15NO3S3/c1-7(14-2)4-10-16(12,13)9-3-8(5-11)15-6-9/h3,6-7,10-11H,4-5H2,1-2H3. The molecule has 1 heterocycles. The Balaban J connectivity index is 2.70. The summed E-state index contributed by atoms with van der Waals surface area (Å²) in [6.45, 7) is 2.25. The van der Waals surface area contributed by atoms with Crippen molar-refractivity contribution in [1.82, 2.24) is 4.72 Å². The van der Waals surface area contributed by atoms with E-state index >= 15 is 0 Å². The molecule has 0 aromatic carbocycles. The topological polar surface area (TPSA) is 66.4 Å². The van der Waals surface area contributed by atoms with E-state index < -0.39 is 10.0 Å². The Morgan fingerprint density at radius 1 is 1.62 bits per heavy atom. The van der Waals surface area contributed by atoms with Crippen LogP contribution in [0, 0.1) is 0 Å². The minimum atomic E-state index is -3.42. The first-order chi connectivity index (χ1) is 7.49. The lowest BCUT2D eigenvalue weighted by atomic mass is 10.5. The number of sulfonamides is 1. The Morgan fingerprint density at radius 2 is 2.31 bits per heavy atom. The summed E-state index contributed by atoms with van der Waals surface area (Å²) in [5, 5.41) is 10.6. The fraction of sp³-hybridized carbons (Fsp3) is 0.556. The number of thioether (sulfide) groups is 1. The van der Waals surface area contributed by atoms with Crippen molar-refractivity contribution >= 4 is 33.1 Å². The van der Waals surface area contributed by atoms with E-state index in [2.05, 4.69) is 4.72 Å². The second kappa shape index (κ2) is 6.02. The van der Waals surface area contributed by atoms with Gasteiger partial charge in [0.2, 0.25) is 10.0 Å². The van der Waals surface area contributed by atoms with Crippen LogP contribution < -0.4 is 4.72 Å². The summed E-state index contributed by atoms with van der Waals surface area (Å²) >= 11 is 2.85. The zero-order valence-corrected chi connectivity index (χ0v) is 11.6. The van der Waals surface area contributed by atoms with Crippen LogP contribution in [0.3, 0.4) is 0 Å². The average Bonchev–Trinajstić information content (AvgIpc) is 2.75. The van der Waals surface area contributed by atoms with Crippen molar-refractivity contribution in [3.05, 3.63) is 16.3 Å². The van der Waals surface area contributed by atoms with Crippen LogP contribution in [0.25, 0.3) is 0 Å². The average molecular weight is 281 g/mol. The normalized spacial score (nSPS) is 13.9. The van der Waals surface area contributed by atoms with Gasteiger partial charge < -0.3 is 5.11 Å². The van der Waals surface area contributed by atoms with Crippen molar-refractivity contribution in [2.45, 2.75) is 23.7 Å². The number of thiophene rings is 1. The van der Waals surface area contributed by atoms with Crippen LogP contribution >= 0.6 is 23.1 Å². The molecule has 1 aromatic rings. The first-order valence-corrected chi connectivity index (χ1v) is 8.35. The third-order valence-electron chi connectivity index (χ3n) is 2.06. The van der Waals surface area contributed by atoms with Gasteiger partial charge in [0.15, 0.2) is 0 Å². The third-order valence-corrected chi connectivity index (χ3v) is 5.50. The maximum atomic E-state index is 11.8. The van der Waals surface area contributed by atoms with Crippen LogP contribution in [0.5, 0.6) is 0 Å². The lowest BCUT2D eigenvalue weighted by Gasteiger charge is -2.09. The lowest BCUT2D eigenvalue weighted by molar-refractivity contribution is 0.285. The molecule has 7 heteroatoms. The summed E-state index contributed by atoms with van der Waals surface area (Å²) in [6.07, 6.45) is 1.94. The molecule has 0 fully saturated rings. The fourth-order valence-electron chi connectivity index (χ4n) is 0.978. The lowest BCUT2D eigenvalue weighted by Crippen LogP contribution is -2.29. The Hall–Kier alpha value is -0.0800. The summed E-state index contributed by atoms with van der Waals surface area (Å²) in [6, 6.07) is 1.50. The summed E-state index contributed by atoms with van der Waals surface area (Å²) in [7, 11) is -3.42. The molecule has 0 radical (unpaired) electrons. The molecule has 0 saturated carbocycles. The molecule has 0 aliphatic carbocycles. The van der Waals surface area contributed by atoms with Gasteiger partial charge in [0.25, 0.3) is 0 Å². The van der Waals surface area contributed by atoms with E-state index in [0.29, 0.717) is 11.4 Å². The molecular formula is C9H15NO3S3. The Labute approximate surface area is 104 Å². The molecule has 0 aliphatic rings.